The molecule has 0 aliphatic carbocycles. The molecule has 2 aromatic carbocycles. The van der Waals surface area contributed by atoms with Gasteiger partial charge in [0.25, 0.3) is 5.91 Å². The third-order valence-corrected chi connectivity index (χ3v) is 4.79. The lowest BCUT2D eigenvalue weighted by Gasteiger charge is -2.15. The molecule has 1 unspecified atom stereocenters. The lowest BCUT2D eigenvalue weighted by Crippen LogP contribution is -2.30. The number of hydrogen-bond acceptors (Lipinski definition) is 5. The molecular formula is C19H13Cl3N2O4. The van der Waals surface area contributed by atoms with Crippen LogP contribution < -0.4 is 5.32 Å². The van der Waals surface area contributed by atoms with Crippen molar-refractivity contribution in [2.75, 3.05) is 5.32 Å². The van der Waals surface area contributed by atoms with Gasteiger partial charge in [-0.1, -0.05) is 46.9 Å². The highest BCUT2D eigenvalue weighted by molar-refractivity contribution is 6.44. The minimum Gasteiger partial charge on any atom is -0.449 e. The van der Waals surface area contributed by atoms with Gasteiger partial charge in [0.2, 0.25) is 0 Å². The zero-order chi connectivity index (χ0) is 20.3. The molecular weight excluding hydrogens is 427 g/mol. The van der Waals surface area contributed by atoms with Crippen LogP contribution in [0.1, 0.15) is 17.3 Å². The standard InChI is InChI=1S/C19H13Cl3N2O4/c1-10(18(25)24-16-7-14(21)13(20)6-15(16)22)28-19(26)12-4-2-11(3-5-12)17-8-23-9-27-17/h2-10H,1H3,(H,24,25). The molecule has 0 saturated carbocycles. The molecule has 144 valence electrons. The Balaban J connectivity index is 1.63. The fraction of sp³-hybridized carbons (Fsp3) is 0.105. The first-order valence-electron chi connectivity index (χ1n) is 8.00. The van der Waals surface area contributed by atoms with Crippen LogP contribution in [0.2, 0.25) is 15.1 Å². The van der Waals surface area contributed by atoms with Gasteiger partial charge in [0, 0.05) is 5.56 Å². The Labute approximate surface area is 175 Å². The maximum Gasteiger partial charge on any atom is 0.338 e. The number of hydrogen-bond donors (Lipinski definition) is 1. The van der Waals surface area contributed by atoms with Crippen molar-refractivity contribution in [2.24, 2.45) is 0 Å². The van der Waals surface area contributed by atoms with Crippen LogP contribution in [0, 0.1) is 0 Å². The van der Waals surface area contributed by atoms with E-state index in [2.05, 4.69) is 10.3 Å². The third-order valence-electron chi connectivity index (χ3n) is 3.76. The molecule has 1 atom stereocenters. The Morgan fingerprint density at radius 3 is 2.39 bits per heavy atom. The van der Waals surface area contributed by atoms with Gasteiger partial charge in [-0.2, -0.15) is 0 Å². The summed E-state index contributed by atoms with van der Waals surface area (Å²) in [5.41, 5.74) is 1.31. The second-order valence-corrected chi connectivity index (χ2v) is 6.95. The number of aromatic nitrogens is 1. The molecule has 3 rings (SSSR count). The van der Waals surface area contributed by atoms with Crippen LogP contribution in [0.25, 0.3) is 11.3 Å². The van der Waals surface area contributed by atoms with Crippen LogP contribution in [-0.2, 0) is 9.53 Å². The van der Waals surface area contributed by atoms with Crippen molar-refractivity contribution in [2.45, 2.75) is 13.0 Å². The van der Waals surface area contributed by atoms with E-state index in [9.17, 15) is 9.59 Å². The quantitative estimate of drug-likeness (QED) is 0.420. The number of nitrogens with one attached hydrogen (secondary N) is 1. The van der Waals surface area contributed by atoms with E-state index in [1.165, 1.54) is 25.5 Å². The number of oxazole rings is 1. The average Bonchev–Trinajstić information content (AvgIpc) is 3.21. The Bertz CT molecular complexity index is 1000. The number of amides is 1. The van der Waals surface area contributed by atoms with Crippen LogP contribution in [-0.4, -0.2) is 23.0 Å². The van der Waals surface area contributed by atoms with Crippen molar-refractivity contribution in [3.05, 3.63) is 69.6 Å². The lowest BCUT2D eigenvalue weighted by atomic mass is 10.1. The van der Waals surface area contributed by atoms with Gasteiger partial charge in [0.05, 0.1) is 32.5 Å². The topological polar surface area (TPSA) is 81.4 Å². The van der Waals surface area contributed by atoms with Crippen molar-refractivity contribution in [1.29, 1.82) is 0 Å². The molecule has 1 aromatic heterocycles. The van der Waals surface area contributed by atoms with Crippen LogP contribution in [0.15, 0.2) is 53.4 Å². The number of benzene rings is 2. The first-order chi connectivity index (χ1) is 13.3. The molecule has 0 aliphatic rings. The van der Waals surface area contributed by atoms with Crippen molar-refractivity contribution >= 4 is 52.4 Å². The Morgan fingerprint density at radius 2 is 1.75 bits per heavy atom. The van der Waals surface area contributed by atoms with Gasteiger partial charge in [0.15, 0.2) is 18.3 Å². The zero-order valence-electron chi connectivity index (χ0n) is 14.4. The van der Waals surface area contributed by atoms with Gasteiger partial charge in [-0.25, -0.2) is 9.78 Å². The van der Waals surface area contributed by atoms with Gasteiger partial charge in [0.1, 0.15) is 0 Å². The zero-order valence-corrected chi connectivity index (χ0v) is 16.7. The van der Waals surface area contributed by atoms with E-state index in [1.807, 2.05) is 0 Å². The molecule has 1 heterocycles. The Kier molecular flexibility index (Phi) is 6.24. The van der Waals surface area contributed by atoms with Gasteiger partial charge in [-0.3, -0.25) is 4.79 Å². The molecule has 1 N–H and O–H groups in total. The van der Waals surface area contributed by atoms with Gasteiger partial charge in [-0.15, -0.1) is 0 Å². The number of ether oxygens (including phenoxy) is 1. The second-order valence-electron chi connectivity index (χ2n) is 5.73. The van der Waals surface area contributed by atoms with Crippen LogP contribution in [0.4, 0.5) is 5.69 Å². The fourth-order valence-corrected chi connectivity index (χ4v) is 2.86. The summed E-state index contributed by atoms with van der Waals surface area (Å²) in [6.07, 6.45) is 1.82. The fourth-order valence-electron chi connectivity index (χ4n) is 2.26. The number of halogens is 3. The van der Waals surface area contributed by atoms with Gasteiger partial charge in [-0.05, 0) is 31.2 Å². The van der Waals surface area contributed by atoms with E-state index in [4.69, 9.17) is 44.0 Å². The Hall–Kier alpha value is -2.54. The highest BCUT2D eigenvalue weighted by Gasteiger charge is 2.20. The monoisotopic (exact) mass is 438 g/mol. The maximum atomic E-state index is 12.3. The molecule has 0 bridgehead atoms. The molecule has 0 spiro atoms. The average molecular weight is 440 g/mol. The summed E-state index contributed by atoms with van der Waals surface area (Å²) >= 11 is 17.8. The van der Waals surface area contributed by atoms with E-state index in [1.54, 1.807) is 30.5 Å². The lowest BCUT2D eigenvalue weighted by molar-refractivity contribution is -0.123. The smallest absolute Gasteiger partial charge is 0.338 e. The number of anilines is 1. The van der Waals surface area contributed by atoms with E-state index in [0.717, 1.165) is 5.56 Å². The predicted molar refractivity (Wildman–Crippen MR) is 107 cm³/mol. The van der Waals surface area contributed by atoms with Crippen LogP contribution in [0.3, 0.4) is 0 Å². The third kappa shape index (κ3) is 4.65. The molecule has 1 amide bonds. The molecule has 0 radical (unpaired) electrons. The van der Waals surface area contributed by atoms with Crippen LogP contribution >= 0.6 is 34.8 Å². The van der Waals surface area contributed by atoms with Crippen molar-refractivity contribution in [1.82, 2.24) is 4.98 Å². The first kappa shape index (κ1) is 20.2. The summed E-state index contributed by atoms with van der Waals surface area (Å²) in [6, 6.07) is 9.35. The molecule has 0 saturated heterocycles. The van der Waals surface area contributed by atoms with Crippen molar-refractivity contribution in [3.8, 4) is 11.3 Å². The van der Waals surface area contributed by atoms with E-state index < -0.39 is 18.0 Å². The van der Waals surface area contributed by atoms with Crippen LogP contribution in [0.5, 0.6) is 0 Å². The molecule has 0 fully saturated rings. The number of nitrogens with zero attached hydrogens (tertiary/aromatic N) is 1. The number of carbonyl (C=O) groups excluding carboxylic acids is 2. The highest BCUT2D eigenvalue weighted by Crippen LogP contribution is 2.32. The summed E-state index contributed by atoms with van der Waals surface area (Å²) in [5.74, 6) is -0.634. The molecule has 28 heavy (non-hydrogen) atoms. The molecule has 3 aromatic rings. The first-order valence-corrected chi connectivity index (χ1v) is 9.14. The number of carbonyl (C=O) groups is 2. The van der Waals surface area contributed by atoms with Gasteiger partial charge >= 0.3 is 5.97 Å². The summed E-state index contributed by atoms with van der Waals surface area (Å²) < 4.78 is 10.4. The maximum absolute atomic E-state index is 12.3. The van der Waals surface area contributed by atoms with E-state index in [0.29, 0.717) is 5.76 Å². The largest absolute Gasteiger partial charge is 0.449 e. The number of rotatable bonds is 5. The minimum absolute atomic E-state index is 0.212. The second kappa shape index (κ2) is 8.65. The summed E-state index contributed by atoms with van der Waals surface area (Å²) in [4.78, 5) is 28.4. The predicted octanol–water partition coefficient (Wildman–Crippen LogP) is 5.49. The summed E-state index contributed by atoms with van der Waals surface area (Å²) in [7, 11) is 0. The normalized spacial score (nSPS) is 11.7. The van der Waals surface area contributed by atoms with Crippen molar-refractivity contribution in [3.63, 3.8) is 0 Å². The summed E-state index contributed by atoms with van der Waals surface area (Å²) in [6.45, 7) is 1.45. The van der Waals surface area contributed by atoms with Gasteiger partial charge < -0.3 is 14.5 Å². The minimum atomic E-state index is -1.06. The molecule has 6 nitrogen and oxygen atoms in total. The van der Waals surface area contributed by atoms with E-state index in [-0.39, 0.29) is 26.3 Å². The number of esters is 1. The Morgan fingerprint density at radius 1 is 1.07 bits per heavy atom. The van der Waals surface area contributed by atoms with Crippen molar-refractivity contribution < 1.29 is 18.7 Å². The SMILES string of the molecule is CC(OC(=O)c1ccc(-c2cnco2)cc1)C(=O)Nc1cc(Cl)c(Cl)cc1Cl. The molecule has 9 heteroatoms. The summed E-state index contributed by atoms with van der Waals surface area (Å²) in [5, 5.41) is 3.26. The highest BCUT2D eigenvalue weighted by atomic mass is 35.5. The molecule has 0 aliphatic heterocycles. The van der Waals surface area contributed by atoms with E-state index >= 15 is 0 Å².